The summed E-state index contributed by atoms with van der Waals surface area (Å²) in [5.41, 5.74) is 1.86. The molecule has 0 saturated carbocycles. The Hall–Kier alpha value is -1.86. The van der Waals surface area contributed by atoms with Crippen LogP contribution in [0.2, 0.25) is 0 Å². The van der Waals surface area contributed by atoms with Gasteiger partial charge in [0.2, 0.25) is 0 Å². The van der Waals surface area contributed by atoms with Gasteiger partial charge in [0.1, 0.15) is 6.10 Å². The Morgan fingerprint density at radius 1 is 0.719 bits per heavy atom. The van der Waals surface area contributed by atoms with E-state index >= 15 is 0 Å². The van der Waals surface area contributed by atoms with Crippen LogP contribution in [0.15, 0.2) is 58.3 Å². The van der Waals surface area contributed by atoms with Gasteiger partial charge < -0.3 is 14.6 Å². The molecule has 0 heterocycles. The molecule has 0 aromatic heterocycles. The van der Waals surface area contributed by atoms with Crippen molar-refractivity contribution in [3.63, 3.8) is 0 Å². The molecule has 0 amide bonds. The van der Waals surface area contributed by atoms with E-state index in [0.717, 1.165) is 11.1 Å². The van der Waals surface area contributed by atoms with Crippen molar-refractivity contribution < 1.29 is 39.8 Å². The van der Waals surface area contributed by atoms with E-state index in [9.17, 15) is 21.9 Å². The fourth-order valence-electron chi connectivity index (χ4n) is 2.48. The molecule has 178 valence electrons. The predicted molar refractivity (Wildman–Crippen MR) is 116 cm³/mol. The van der Waals surface area contributed by atoms with E-state index in [0.29, 0.717) is 0 Å². The number of hydrogen-bond donors (Lipinski definition) is 1. The number of benzene rings is 2. The lowest BCUT2D eigenvalue weighted by Crippen LogP contribution is -2.27. The van der Waals surface area contributed by atoms with Crippen molar-refractivity contribution in [1.82, 2.24) is 0 Å². The third kappa shape index (κ3) is 8.58. The molecule has 11 heteroatoms. The van der Waals surface area contributed by atoms with Crippen LogP contribution in [0.4, 0.5) is 0 Å². The molecule has 0 aliphatic heterocycles. The highest BCUT2D eigenvalue weighted by Crippen LogP contribution is 2.14. The molecule has 0 aliphatic carbocycles. The summed E-state index contributed by atoms with van der Waals surface area (Å²) >= 11 is 0. The lowest BCUT2D eigenvalue weighted by Gasteiger charge is -2.16. The monoisotopic (exact) mass is 488 g/mol. The Morgan fingerprint density at radius 3 is 1.59 bits per heavy atom. The Labute approximate surface area is 189 Å². The summed E-state index contributed by atoms with van der Waals surface area (Å²) in [4.78, 5) is 0.103. The first kappa shape index (κ1) is 26.4. The summed E-state index contributed by atoms with van der Waals surface area (Å²) in [7, 11) is -7.77. The van der Waals surface area contributed by atoms with Crippen LogP contribution in [0.3, 0.4) is 0 Å². The van der Waals surface area contributed by atoms with Gasteiger partial charge in [-0.2, -0.15) is 16.8 Å². The van der Waals surface area contributed by atoms with Gasteiger partial charge in [0.15, 0.2) is 0 Å². The minimum atomic E-state index is -3.89. The zero-order valence-corrected chi connectivity index (χ0v) is 19.6. The topological polar surface area (TPSA) is 125 Å². The van der Waals surface area contributed by atoms with Crippen molar-refractivity contribution in [3.05, 3.63) is 59.7 Å². The molecule has 0 saturated heterocycles. The van der Waals surface area contributed by atoms with Gasteiger partial charge >= 0.3 is 0 Å². The molecule has 0 bridgehead atoms. The Morgan fingerprint density at radius 2 is 1.16 bits per heavy atom. The van der Waals surface area contributed by atoms with E-state index in [2.05, 4.69) is 0 Å². The quantitative estimate of drug-likeness (QED) is 0.313. The molecule has 1 atom stereocenters. The van der Waals surface area contributed by atoms with E-state index in [1.54, 1.807) is 24.3 Å². The van der Waals surface area contributed by atoms with Gasteiger partial charge in [-0.1, -0.05) is 35.4 Å². The summed E-state index contributed by atoms with van der Waals surface area (Å²) in [6.07, 6.45) is -0.727. The van der Waals surface area contributed by atoms with Crippen molar-refractivity contribution in [1.29, 1.82) is 0 Å². The minimum absolute atomic E-state index is 0.0326. The van der Waals surface area contributed by atoms with E-state index in [-0.39, 0.29) is 49.4 Å². The maximum Gasteiger partial charge on any atom is 0.297 e. The Bertz CT molecular complexity index is 1030. The second-order valence-corrected chi connectivity index (χ2v) is 10.2. The molecular weight excluding hydrogens is 460 g/mol. The Kier molecular flexibility index (Phi) is 10.2. The van der Waals surface area contributed by atoms with E-state index in [1.165, 1.54) is 24.3 Å². The summed E-state index contributed by atoms with van der Waals surface area (Å²) in [6, 6.07) is 12.5. The first-order chi connectivity index (χ1) is 15.1. The molecule has 2 aromatic carbocycles. The zero-order valence-electron chi connectivity index (χ0n) is 18.0. The van der Waals surface area contributed by atoms with Crippen LogP contribution >= 0.6 is 0 Å². The number of aliphatic hydroxyl groups is 1. The minimum Gasteiger partial charge on any atom is -0.394 e. The number of ether oxygens (including phenoxy) is 2. The fourth-order valence-corrected chi connectivity index (χ4v) is 4.26. The highest BCUT2D eigenvalue weighted by atomic mass is 32.2. The van der Waals surface area contributed by atoms with Crippen LogP contribution < -0.4 is 0 Å². The summed E-state index contributed by atoms with van der Waals surface area (Å²) in [6.45, 7) is 2.73. The molecule has 0 aliphatic rings. The smallest absolute Gasteiger partial charge is 0.297 e. The van der Waals surface area contributed by atoms with Crippen LogP contribution in [0.5, 0.6) is 0 Å². The van der Waals surface area contributed by atoms with Crippen LogP contribution in [0.25, 0.3) is 0 Å². The molecule has 9 nitrogen and oxygen atoms in total. The van der Waals surface area contributed by atoms with Gasteiger partial charge in [-0.25, -0.2) is 0 Å². The highest BCUT2D eigenvalue weighted by molar-refractivity contribution is 7.87. The third-order valence-electron chi connectivity index (χ3n) is 4.27. The van der Waals surface area contributed by atoms with Gasteiger partial charge in [0.05, 0.1) is 49.4 Å². The van der Waals surface area contributed by atoms with E-state index < -0.39 is 26.3 Å². The van der Waals surface area contributed by atoms with Crippen LogP contribution in [-0.4, -0.2) is 67.7 Å². The van der Waals surface area contributed by atoms with Gasteiger partial charge in [-0.3, -0.25) is 8.37 Å². The average Bonchev–Trinajstić information content (AvgIpc) is 2.75. The number of hydrogen-bond acceptors (Lipinski definition) is 9. The van der Waals surface area contributed by atoms with Crippen molar-refractivity contribution in [2.24, 2.45) is 0 Å². The maximum absolute atomic E-state index is 12.1. The van der Waals surface area contributed by atoms with Gasteiger partial charge in [-0.15, -0.1) is 0 Å². The molecule has 1 N–H and O–H groups in total. The molecule has 0 radical (unpaired) electrons. The summed E-state index contributed by atoms with van der Waals surface area (Å²) in [5.74, 6) is 0. The number of aryl methyl sites for hydroxylation is 2. The average molecular weight is 489 g/mol. The molecule has 0 spiro atoms. The van der Waals surface area contributed by atoms with E-state index in [1.807, 2.05) is 13.8 Å². The van der Waals surface area contributed by atoms with Crippen LogP contribution in [0.1, 0.15) is 11.1 Å². The lowest BCUT2D eigenvalue weighted by atomic mass is 10.2. The molecule has 32 heavy (non-hydrogen) atoms. The second kappa shape index (κ2) is 12.4. The number of aliphatic hydroxyl groups excluding tert-OH is 1. The van der Waals surface area contributed by atoms with Crippen LogP contribution in [0, 0.1) is 13.8 Å². The lowest BCUT2D eigenvalue weighted by molar-refractivity contribution is -0.0518. The first-order valence-electron chi connectivity index (χ1n) is 9.86. The SMILES string of the molecule is Cc1ccc(S(=O)(=O)OCCOCC(CO)OCCOS(=O)(=O)c2ccc(C)cc2)cc1. The van der Waals surface area contributed by atoms with Crippen molar-refractivity contribution in [2.75, 3.05) is 39.6 Å². The summed E-state index contributed by atoms with van der Waals surface area (Å²) < 4.78 is 68.8. The van der Waals surface area contributed by atoms with Crippen LogP contribution in [-0.2, 0) is 38.1 Å². The number of rotatable bonds is 14. The van der Waals surface area contributed by atoms with Gasteiger partial charge in [0, 0.05) is 0 Å². The van der Waals surface area contributed by atoms with Crippen molar-refractivity contribution in [3.8, 4) is 0 Å². The van der Waals surface area contributed by atoms with Crippen molar-refractivity contribution >= 4 is 20.2 Å². The molecule has 1 unspecified atom stereocenters. The first-order valence-corrected chi connectivity index (χ1v) is 12.7. The van der Waals surface area contributed by atoms with Crippen molar-refractivity contribution in [2.45, 2.75) is 29.7 Å². The Balaban J connectivity index is 1.65. The summed E-state index contributed by atoms with van der Waals surface area (Å²) in [5, 5.41) is 9.35. The molecule has 2 rings (SSSR count). The van der Waals surface area contributed by atoms with Gasteiger partial charge in [-0.05, 0) is 38.1 Å². The predicted octanol–water partition coefficient (Wildman–Crippen LogP) is 1.81. The molecule has 2 aromatic rings. The second-order valence-electron chi connectivity index (χ2n) is 6.93. The fraction of sp³-hybridized carbons (Fsp3) is 0.429. The molecular formula is C21H28O9S2. The van der Waals surface area contributed by atoms with E-state index in [4.69, 9.17) is 17.8 Å². The highest BCUT2D eigenvalue weighted by Gasteiger charge is 2.17. The maximum atomic E-state index is 12.1. The molecule has 0 fully saturated rings. The van der Waals surface area contributed by atoms with Gasteiger partial charge in [0.25, 0.3) is 20.2 Å². The standard InChI is InChI=1S/C21H28O9S2/c1-17-3-7-20(8-4-17)31(23,24)29-13-11-27-16-19(15-22)28-12-14-30-32(25,26)21-9-5-18(2)6-10-21/h3-10,19,22H,11-16H2,1-2H3. The normalized spacial score (nSPS) is 13.2. The zero-order chi connectivity index (χ0) is 23.6. The third-order valence-corrected chi connectivity index (χ3v) is 6.92. The largest absolute Gasteiger partial charge is 0.394 e.